The summed E-state index contributed by atoms with van der Waals surface area (Å²) in [5.41, 5.74) is 0. The van der Waals surface area contributed by atoms with E-state index in [2.05, 4.69) is 0 Å². The lowest BCUT2D eigenvalue weighted by Gasteiger charge is -2.16. The highest BCUT2D eigenvalue weighted by Crippen LogP contribution is 2.27. The Bertz CT molecular complexity index is 235. The summed E-state index contributed by atoms with van der Waals surface area (Å²) >= 11 is 0. The fourth-order valence-corrected chi connectivity index (χ4v) is 1.31. The van der Waals surface area contributed by atoms with Crippen LogP contribution >= 0.6 is 0 Å². The van der Waals surface area contributed by atoms with Crippen molar-refractivity contribution in [3.8, 4) is 0 Å². The summed E-state index contributed by atoms with van der Waals surface area (Å²) in [6.07, 6.45) is -0.515. The molecule has 0 saturated carbocycles. The number of ether oxygens (including phenoxy) is 3. The maximum atomic E-state index is 10.6. The van der Waals surface area contributed by atoms with Gasteiger partial charge in [-0.15, -0.1) is 0 Å². The number of carbonyl (C=O) groups is 2. The molecule has 1 fully saturated rings. The molecule has 0 spiro atoms. The van der Waals surface area contributed by atoms with Crippen LogP contribution in [0.1, 0.15) is 20.8 Å². The number of aldehydes is 1. The van der Waals surface area contributed by atoms with E-state index < -0.39 is 24.0 Å². The predicted octanol–water partition coefficient (Wildman–Crippen LogP) is 0.268. The van der Waals surface area contributed by atoms with Gasteiger partial charge in [-0.25, -0.2) is 0 Å². The van der Waals surface area contributed by atoms with Crippen LogP contribution < -0.4 is 0 Å². The molecule has 0 N–H and O–H groups in total. The molecule has 80 valence electrons. The van der Waals surface area contributed by atoms with Gasteiger partial charge < -0.3 is 19.0 Å². The van der Waals surface area contributed by atoms with Crippen molar-refractivity contribution in [1.82, 2.24) is 0 Å². The van der Waals surface area contributed by atoms with Crippen molar-refractivity contribution >= 4 is 12.3 Å². The second-order valence-electron chi connectivity index (χ2n) is 3.58. The molecule has 1 rings (SSSR count). The van der Waals surface area contributed by atoms with Crippen LogP contribution in [0.4, 0.5) is 0 Å². The van der Waals surface area contributed by atoms with Gasteiger partial charge in [-0.05, 0) is 13.8 Å². The van der Waals surface area contributed by atoms with Gasteiger partial charge in [0.2, 0.25) is 0 Å². The molecule has 0 aliphatic carbocycles. The summed E-state index contributed by atoms with van der Waals surface area (Å²) in [5, 5.41) is 0. The monoisotopic (exact) mass is 202 g/mol. The highest BCUT2D eigenvalue weighted by Gasteiger charge is 2.41. The Labute approximate surface area is 82.3 Å². The van der Waals surface area contributed by atoms with Gasteiger partial charge in [0.1, 0.15) is 18.8 Å². The summed E-state index contributed by atoms with van der Waals surface area (Å²) in [6.45, 7) is 4.76. The van der Waals surface area contributed by atoms with Gasteiger partial charge in [0.15, 0.2) is 12.1 Å². The lowest BCUT2D eigenvalue weighted by molar-refractivity contribution is -0.159. The number of carbonyl (C=O) groups excluding carboxylic acids is 2. The average Bonchev–Trinajstić information content (AvgIpc) is 2.37. The second-order valence-corrected chi connectivity index (χ2v) is 3.58. The predicted molar refractivity (Wildman–Crippen MR) is 46.5 cm³/mol. The summed E-state index contributed by atoms with van der Waals surface area (Å²) in [5.74, 6) is -1.20. The molecule has 0 amide bonds. The van der Waals surface area contributed by atoms with E-state index in [4.69, 9.17) is 14.2 Å². The highest BCUT2D eigenvalue weighted by molar-refractivity contribution is 5.66. The summed E-state index contributed by atoms with van der Waals surface area (Å²) in [6, 6.07) is 0. The first kappa shape index (κ1) is 11.1. The Morgan fingerprint density at radius 3 is 2.64 bits per heavy atom. The third-order valence-electron chi connectivity index (χ3n) is 1.81. The van der Waals surface area contributed by atoms with Crippen LogP contribution in [0, 0.1) is 0 Å². The van der Waals surface area contributed by atoms with Crippen molar-refractivity contribution in [3.63, 3.8) is 0 Å². The molecule has 0 radical (unpaired) electrons. The fourth-order valence-electron chi connectivity index (χ4n) is 1.31. The molecule has 2 atom stereocenters. The molecule has 0 aromatic heterocycles. The second kappa shape index (κ2) is 4.06. The number of esters is 1. The smallest absolute Gasteiger partial charge is 0.302 e. The Morgan fingerprint density at radius 1 is 1.50 bits per heavy atom. The van der Waals surface area contributed by atoms with Crippen LogP contribution in [0.25, 0.3) is 0 Å². The lowest BCUT2D eigenvalue weighted by atomic mass is 10.2. The maximum absolute atomic E-state index is 10.6. The van der Waals surface area contributed by atoms with Crippen LogP contribution in [-0.2, 0) is 23.8 Å². The Hall–Kier alpha value is -0.940. The molecule has 1 saturated heterocycles. The van der Waals surface area contributed by atoms with Gasteiger partial charge in [-0.3, -0.25) is 4.79 Å². The van der Waals surface area contributed by atoms with Crippen LogP contribution in [0.3, 0.4) is 0 Å². The van der Waals surface area contributed by atoms with Gasteiger partial charge in [0, 0.05) is 6.92 Å². The van der Waals surface area contributed by atoms with Crippen LogP contribution in [0.15, 0.2) is 0 Å². The van der Waals surface area contributed by atoms with Gasteiger partial charge in [-0.1, -0.05) is 0 Å². The molecule has 1 heterocycles. The minimum Gasteiger partial charge on any atom is -0.463 e. The largest absolute Gasteiger partial charge is 0.463 e. The van der Waals surface area contributed by atoms with E-state index in [1.54, 1.807) is 13.8 Å². The van der Waals surface area contributed by atoms with Crippen LogP contribution in [-0.4, -0.2) is 36.9 Å². The van der Waals surface area contributed by atoms with Gasteiger partial charge in [0.05, 0.1) is 0 Å². The molecule has 1 aliphatic rings. The summed E-state index contributed by atoms with van der Waals surface area (Å²) in [4.78, 5) is 21.2. The third kappa shape index (κ3) is 2.78. The van der Waals surface area contributed by atoms with Crippen molar-refractivity contribution in [2.75, 3.05) is 6.61 Å². The van der Waals surface area contributed by atoms with Crippen molar-refractivity contribution in [3.05, 3.63) is 0 Å². The minimum absolute atomic E-state index is 0.0438. The Morgan fingerprint density at radius 2 is 2.14 bits per heavy atom. The minimum atomic E-state index is -0.795. The number of rotatable bonds is 3. The molecule has 0 unspecified atom stereocenters. The zero-order valence-electron chi connectivity index (χ0n) is 8.48. The van der Waals surface area contributed by atoms with Crippen molar-refractivity contribution in [2.45, 2.75) is 38.8 Å². The highest BCUT2D eigenvalue weighted by atomic mass is 16.8. The summed E-state index contributed by atoms with van der Waals surface area (Å²) < 4.78 is 15.4. The van der Waals surface area contributed by atoms with E-state index in [1.165, 1.54) is 6.92 Å². The van der Waals surface area contributed by atoms with E-state index in [9.17, 15) is 9.59 Å². The van der Waals surface area contributed by atoms with Crippen molar-refractivity contribution < 1.29 is 23.8 Å². The first-order chi connectivity index (χ1) is 6.44. The fraction of sp³-hybridized carbons (Fsp3) is 0.778. The third-order valence-corrected chi connectivity index (χ3v) is 1.81. The number of hydrogen-bond acceptors (Lipinski definition) is 5. The first-order valence-corrected chi connectivity index (χ1v) is 4.39. The first-order valence-electron chi connectivity index (χ1n) is 4.39. The molecule has 14 heavy (non-hydrogen) atoms. The van der Waals surface area contributed by atoms with Gasteiger partial charge in [0.25, 0.3) is 0 Å². The number of hydrogen-bond donors (Lipinski definition) is 0. The molecule has 5 nitrogen and oxygen atoms in total. The molecule has 0 bridgehead atoms. The Kier molecular flexibility index (Phi) is 3.23. The molecular formula is C9H14O5. The normalized spacial score (nSPS) is 29.9. The van der Waals surface area contributed by atoms with E-state index in [0.717, 1.165) is 0 Å². The van der Waals surface area contributed by atoms with Crippen LogP contribution in [0.5, 0.6) is 0 Å². The quantitative estimate of drug-likeness (QED) is 0.485. The van der Waals surface area contributed by atoms with Crippen molar-refractivity contribution in [1.29, 1.82) is 0 Å². The molecule has 5 heteroatoms. The molecule has 0 aromatic rings. The zero-order valence-corrected chi connectivity index (χ0v) is 8.48. The van der Waals surface area contributed by atoms with E-state index in [0.29, 0.717) is 6.29 Å². The summed E-state index contributed by atoms with van der Waals surface area (Å²) in [7, 11) is 0. The zero-order chi connectivity index (χ0) is 10.8. The van der Waals surface area contributed by atoms with E-state index in [1.807, 2.05) is 0 Å². The van der Waals surface area contributed by atoms with Gasteiger partial charge >= 0.3 is 5.97 Å². The van der Waals surface area contributed by atoms with Crippen LogP contribution in [0.2, 0.25) is 0 Å². The molecular weight excluding hydrogens is 188 g/mol. The molecule has 1 aliphatic heterocycles. The standard InChI is InChI=1S/C9H14O5/c1-6(11)12-5-8-7(4-10)13-9(2,3)14-8/h4,7-8H,5H2,1-3H3/t7-,8-/m1/s1. The lowest BCUT2D eigenvalue weighted by Crippen LogP contribution is -2.29. The Balaban J connectivity index is 2.51. The molecule has 0 aromatic carbocycles. The van der Waals surface area contributed by atoms with Crippen molar-refractivity contribution in [2.24, 2.45) is 0 Å². The SMILES string of the molecule is CC(=O)OC[C@H]1OC(C)(C)O[C@@H]1C=O. The average molecular weight is 202 g/mol. The van der Waals surface area contributed by atoms with E-state index in [-0.39, 0.29) is 6.61 Å². The van der Waals surface area contributed by atoms with Gasteiger partial charge in [-0.2, -0.15) is 0 Å². The maximum Gasteiger partial charge on any atom is 0.302 e. The topological polar surface area (TPSA) is 61.8 Å². The van der Waals surface area contributed by atoms with E-state index >= 15 is 0 Å².